The summed E-state index contributed by atoms with van der Waals surface area (Å²) in [7, 11) is 0. The Bertz CT molecular complexity index is 595. The Hall–Kier alpha value is -1.82. The molecule has 1 fully saturated rings. The van der Waals surface area contributed by atoms with Gasteiger partial charge >= 0.3 is 6.61 Å². The van der Waals surface area contributed by atoms with Gasteiger partial charge in [-0.05, 0) is 43.5 Å². The SMILES string of the molecule is FC(F)Oc1cccc2nncc(C[C@H]3CCCN3)c12. The highest BCUT2D eigenvalue weighted by Gasteiger charge is 2.18. The van der Waals surface area contributed by atoms with Gasteiger partial charge in [0.2, 0.25) is 0 Å². The van der Waals surface area contributed by atoms with Crippen LogP contribution in [0.1, 0.15) is 18.4 Å². The Morgan fingerprint density at radius 1 is 1.40 bits per heavy atom. The molecular weight excluding hydrogens is 264 g/mol. The molecule has 3 rings (SSSR count). The molecule has 1 aromatic heterocycles. The Balaban J connectivity index is 2.01. The summed E-state index contributed by atoms with van der Waals surface area (Å²) < 4.78 is 29.6. The molecule has 0 spiro atoms. The van der Waals surface area contributed by atoms with Crippen LogP contribution < -0.4 is 10.1 Å². The minimum absolute atomic E-state index is 0.167. The lowest BCUT2D eigenvalue weighted by Gasteiger charge is -2.14. The predicted molar refractivity (Wildman–Crippen MR) is 70.9 cm³/mol. The number of fused-ring (bicyclic) bond motifs is 1. The Kier molecular flexibility index (Phi) is 3.73. The number of nitrogens with one attached hydrogen (secondary N) is 1. The van der Waals surface area contributed by atoms with Crippen LogP contribution in [0.4, 0.5) is 8.78 Å². The highest BCUT2D eigenvalue weighted by atomic mass is 19.3. The van der Waals surface area contributed by atoms with E-state index in [1.807, 2.05) is 0 Å². The van der Waals surface area contributed by atoms with Gasteiger partial charge in [-0.2, -0.15) is 19.0 Å². The van der Waals surface area contributed by atoms with E-state index in [0.29, 0.717) is 16.9 Å². The second kappa shape index (κ2) is 5.66. The molecule has 0 radical (unpaired) electrons. The summed E-state index contributed by atoms with van der Waals surface area (Å²) in [6.07, 6.45) is 4.61. The molecule has 1 atom stereocenters. The van der Waals surface area contributed by atoms with Crippen LogP contribution >= 0.6 is 0 Å². The molecule has 0 amide bonds. The van der Waals surface area contributed by atoms with Crippen LogP contribution in [-0.4, -0.2) is 29.4 Å². The van der Waals surface area contributed by atoms with E-state index in [1.54, 1.807) is 24.4 Å². The summed E-state index contributed by atoms with van der Waals surface area (Å²) >= 11 is 0. The summed E-state index contributed by atoms with van der Waals surface area (Å²) in [5.74, 6) is 0.167. The van der Waals surface area contributed by atoms with Crippen molar-refractivity contribution in [2.45, 2.75) is 31.9 Å². The standard InChI is InChI=1S/C14H15F2N3O/c15-14(16)20-12-5-1-4-11-13(12)9(8-18-19-11)7-10-3-2-6-17-10/h1,4-5,8,10,14,17H,2-3,6-7H2/t10-/m1/s1. The van der Waals surface area contributed by atoms with E-state index in [0.717, 1.165) is 31.4 Å². The molecule has 1 aliphatic heterocycles. The molecule has 0 aliphatic carbocycles. The molecular formula is C14H15F2N3O. The third-order valence-electron chi connectivity index (χ3n) is 3.55. The van der Waals surface area contributed by atoms with Crippen LogP contribution in [0.25, 0.3) is 10.9 Å². The first-order chi connectivity index (χ1) is 9.74. The first-order valence-electron chi connectivity index (χ1n) is 6.65. The number of halogens is 2. The largest absolute Gasteiger partial charge is 0.434 e. The molecule has 106 valence electrons. The van der Waals surface area contributed by atoms with Crippen LogP contribution in [0.3, 0.4) is 0 Å². The lowest BCUT2D eigenvalue weighted by atomic mass is 10.0. The zero-order valence-electron chi connectivity index (χ0n) is 10.9. The van der Waals surface area contributed by atoms with Gasteiger partial charge in [0.05, 0.1) is 11.7 Å². The number of benzene rings is 1. The summed E-state index contributed by atoms with van der Waals surface area (Å²) in [6.45, 7) is -1.84. The highest BCUT2D eigenvalue weighted by molar-refractivity contribution is 5.87. The third-order valence-corrected chi connectivity index (χ3v) is 3.55. The van der Waals surface area contributed by atoms with Gasteiger partial charge in [-0.3, -0.25) is 0 Å². The van der Waals surface area contributed by atoms with Crippen molar-refractivity contribution < 1.29 is 13.5 Å². The average molecular weight is 279 g/mol. The quantitative estimate of drug-likeness (QED) is 0.934. The van der Waals surface area contributed by atoms with Gasteiger partial charge in [0, 0.05) is 11.4 Å². The van der Waals surface area contributed by atoms with Gasteiger partial charge in [-0.25, -0.2) is 0 Å². The van der Waals surface area contributed by atoms with E-state index >= 15 is 0 Å². The smallest absolute Gasteiger partial charge is 0.387 e. The first kappa shape index (κ1) is 13.2. The van der Waals surface area contributed by atoms with Crippen molar-refractivity contribution in [2.75, 3.05) is 6.54 Å². The van der Waals surface area contributed by atoms with Crippen molar-refractivity contribution >= 4 is 10.9 Å². The number of ether oxygens (including phenoxy) is 1. The fourth-order valence-corrected chi connectivity index (χ4v) is 2.70. The predicted octanol–water partition coefficient (Wildman–Crippen LogP) is 2.53. The van der Waals surface area contributed by atoms with Crippen molar-refractivity contribution in [1.29, 1.82) is 0 Å². The number of hydrogen-bond donors (Lipinski definition) is 1. The zero-order valence-corrected chi connectivity index (χ0v) is 10.9. The molecule has 0 unspecified atom stereocenters. The fourth-order valence-electron chi connectivity index (χ4n) is 2.70. The van der Waals surface area contributed by atoms with Crippen LogP contribution in [0.15, 0.2) is 24.4 Å². The minimum atomic E-state index is -2.84. The highest BCUT2D eigenvalue weighted by Crippen LogP contribution is 2.29. The third kappa shape index (κ3) is 2.70. The van der Waals surface area contributed by atoms with E-state index in [4.69, 9.17) is 0 Å². The Labute approximate surface area is 115 Å². The lowest BCUT2D eigenvalue weighted by Crippen LogP contribution is -2.23. The van der Waals surface area contributed by atoms with Gasteiger partial charge in [0.1, 0.15) is 5.75 Å². The molecule has 1 aliphatic rings. The number of aromatic nitrogens is 2. The van der Waals surface area contributed by atoms with Gasteiger partial charge < -0.3 is 10.1 Å². The molecule has 2 heterocycles. The molecule has 1 aromatic carbocycles. The topological polar surface area (TPSA) is 47.0 Å². The molecule has 20 heavy (non-hydrogen) atoms. The van der Waals surface area contributed by atoms with Gasteiger partial charge in [-0.1, -0.05) is 6.07 Å². The molecule has 0 bridgehead atoms. The minimum Gasteiger partial charge on any atom is -0.434 e. The van der Waals surface area contributed by atoms with Crippen LogP contribution in [-0.2, 0) is 6.42 Å². The van der Waals surface area contributed by atoms with Crippen molar-refractivity contribution in [3.05, 3.63) is 30.0 Å². The van der Waals surface area contributed by atoms with Gasteiger partial charge in [-0.15, -0.1) is 0 Å². The van der Waals surface area contributed by atoms with Crippen LogP contribution in [0.2, 0.25) is 0 Å². The van der Waals surface area contributed by atoms with E-state index in [9.17, 15) is 8.78 Å². The number of alkyl halides is 2. The monoisotopic (exact) mass is 279 g/mol. The van der Waals surface area contributed by atoms with E-state index < -0.39 is 6.61 Å². The second-order valence-electron chi connectivity index (χ2n) is 4.90. The maximum absolute atomic E-state index is 12.5. The average Bonchev–Trinajstić information content (AvgIpc) is 2.91. The van der Waals surface area contributed by atoms with E-state index in [-0.39, 0.29) is 5.75 Å². The molecule has 2 aromatic rings. The lowest BCUT2D eigenvalue weighted by molar-refractivity contribution is -0.0488. The second-order valence-corrected chi connectivity index (χ2v) is 4.90. The fraction of sp³-hybridized carbons (Fsp3) is 0.429. The molecule has 1 N–H and O–H groups in total. The van der Waals surface area contributed by atoms with Crippen molar-refractivity contribution in [3.8, 4) is 5.75 Å². The maximum atomic E-state index is 12.5. The van der Waals surface area contributed by atoms with Crippen LogP contribution in [0, 0.1) is 0 Å². The zero-order chi connectivity index (χ0) is 13.9. The summed E-state index contributed by atoms with van der Waals surface area (Å²) in [5, 5.41) is 12.0. The van der Waals surface area contributed by atoms with Gasteiger partial charge in [0.25, 0.3) is 0 Å². The molecule has 4 nitrogen and oxygen atoms in total. The van der Waals surface area contributed by atoms with E-state index in [1.165, 1.54) is 0 Å². The molecule has 6 heteroatoms. The molecule has 1 saturated heterocycles. The normalized spacial score (nSPS) is 18.9. The van der Waals surface area contributed by atoms with Gasteiger partial charge in [0.15, 0.2) is 0 Å². The number of nitrogens with zero attached hydrogens (tertiary/aromatic N) is 2. The summed E-state index contributed by atoms with van der Waals surface area (Å²) in [6, 6.07) is 5.31. The Morgan fingerprint density at radius 2 is 2.30 bits per heavy atom. The molecule has 0 saturated carbocycles. The maximum Gasteiger partial charge on any atom is 0.387 e. The Morgan fingerprint density at radius 3 is 3.05 bits per heavy atom. The summed E-state index contributed by atoms with van der Waals surface area (Å²) in [4.78, 5) is 0. The van der Waals surface area contributed by atoms with Crippen molar-refractivity contribution in [1.82, 2.24) is 15.5 Å². The number of rotatable bonds is 4. The number of hydrogen-bond acceptors (Lipinski definition) is 4. The first-order valence-corrected chi connectivity index (χ1v) is 6.65. The van der Waals surface area contributed by atoms with Crippen LogP contribution in [0.5, 0.6) is 5.75 Å². The summed E-state index contributed by atoms with van der Waals surface area (Å²) in [5.41, 5.74) is 1.48. The van der Waals surface area contributed by atoms with Crippen molar-refractivity contribution in [2.24, 2.45) is 0 Å². The van der Waals surface area contributed by atoms with Crippen molar-refractivity contribution in [3.63, 3.8) is 0 Å². The van der Waals surface area contributed by atoms with E-state index in [2.05, 4.69) is 20.3 Å².